The van der Waals surface area contributed by atoms with Gasteiger partial charge in [-0.3, -0.25) is 0 Å². The van der Waals surface area contributed by atoms with Crippen molar-refractivity contribution in [1.29, 1.82) is 0 Å². The zero-order chi connectivity index (χ0) is 15.4. The largest absolute Gasteiger partial charge is 0.312 e. The zero-order valence-corrected chi connectivity index (χ0v) is 12.8. The van der Waals surface area contributed by atoms with Gasteiger partial charge in [0.1, 0.15) is 5.01 Å². The summed E-state index contributed by atoms with van der Waals surface area (Å²) in [6, 6.07) is 2.16. The summed E-state index contributed by atoms with van der Waals surface area (Å²) in [6.07, 6.45) is 1.73. The molecule has 1 aromatic heterocycles. The van der Waals surface area contributed by atoms with Crippen molar-refractivity contribution in [3.8, 4) is 10.6 Å². The first-order valence-corrected chi connectivity index (χ1v) is 7.73. The highest BCUT2D eigenvalue weighted by molar-refractivity contribution is 7.15. The van der Waals surface area contributed by atoms with Crippen molar-refractivity contribution in [2.45, 2.75) is 33.2 Å². The van der Waals surface area contributed by atoms with E-state index in [1.54, 1.807) is 0 Å². The average molecular weight is 314 g/mol. The summed E-state index contributed by atoms with van der Waals surface area (Å²) in [5, 5.41) is 3.65. The summed E-state index contributed by atoms with van der Waals surface area (Å²) in [5.74, 6) is -3.82. The van der Waals surface area contributed by atoms with Gasteiger partial charge >= 0.3 is 0 Å². The van der Waals surface area contributed by atoms with Crippen LogP contribution in [0.4, 0.5) is 13.2 Å². The SMILES string of the molecule is CCCNCc1sc(-c2ccc(F)c(F)c2F)nc1CC. The van der Waals surface area contributed by atoms with Crippen molar-refractivity contribution in [2.24, 2.45) is 0 Å². The van der Waals surface area contributed by atoms with Crippen LogP contribution in [0.25, 0.3) is 10.6 Å². The highest BCUT2D eigenvalue weighted by atomic mass is 32.1. The lowest BCUT2D eigenvalue weighted by atomic mass is 10.2. The second kappa shape index (κ2) is 7.04. The lowest BCUT2D eigenvalue weighted by Gasteiger charge is -2.01. The third-order valence-electron chi connectivity index (χ3n) is 3.09. The Hall–Kier alpha value is -1.40. The summed E-state index contributed by atoms with van der Waals surface area (Å²) < 4.78 is 40.2. The Balaban J connectivity index is 2.34. The van der Waals surface area contributed by atoms with Crippen LogP contribution in [0, 0.1) is 17.5 Å². The lowest BCUT2D eigenvalue weighted by Crippen LogP contribution is -2.13. The van der Waals surface area contributed by atoms with Gasteiger partial charge in [-0.1, -0.05) is 13.8 Å². The predicted molar refractivity (Wildman–Crippen MR) is 78.8 cm³/mol. The number of aryl methyl sites for hydroxylation is 1. The van der Waals surface area contributed by atoms with Gasteiger partial charge < -0.3 is 5.32 Å². The third-order valence-corrected chi connectivity index (χ3v) is 4.22. The van der Waals surface area contributed by atoms with Crippen LogP contribution >= 0.6 is 11.3 Å². The molecule has 0 radical (unpaired) electrons. The number of aromatic nitrogens is 1. The van der Waals surface area contributed by atoms with E-state index in [-0.39, 0.29) is 5.56 Å². The maximum absolute atomic E-state index is 13.8. The molecule has 0 spiro atoms. The lowest BCUT2D eigenvalue weighted by molar-refractivity contribution is 0.449. The zero-order valence-electron chi connectivity index (χ0n) is 12.0. The minimum absolute atomic E-state index is 0.00958. The summed E-state index contributed by atoms with van der Waals surface area (Å²) in [7, 11) is 0. The summed E-state index contributed by atoms with van der Waals surface area (Å²) in [6.45, 7) is 5.57. The third kappa shape index (κ3) is 3.44. The van der Waals surface area contributed by atoms with Crippen molar-refractivity contribution >= 4 is 11.3 Å². The Kier molecular flexibility index (Phi) is 5.36. The van der Waals surface area contributed by atoms with Gasteiger partial charge in [-0.15, -0.1) is 11.3 Å². The van der Waals surface area contributed by atoms with Gasteiger partial charge in [0, 0.05) is 17.0 Å². The van der Waals surface area contributed by atoms with Crippen LogP contribution in [-0.4, -0.2) is 11.5 Å². The van der Waals surface area contributed by atoms with Crippen LogP contribution in [0.1, 0.15) is 30.8 Å². The smallest absolute Gasteiger partial charge is 0.195 e. The van der Waals surface area contributed by atoms with Crippen LogP contribution in [-0.2, 0) is 13.0 Å². The molecule has 0 saturated heterocycles. The first-order chi connectivity index (χ1) is 10.1. The fraction of sp³-hybridized carbons (Fsp3) is 0.400. The van der Waals surface area contributed by atoms with Crippen molar-refractivity contribution in [3.63, 3.8) is 0 Å². The molecule has 0 aliphatic carbocycles. The highest BCUT2D eigenvalue weighted by Gasteiger charge is 2.19. The number of rotatable bonds is 6. The predicted octanol–water partition coefficient (Wildman–Crippen LogP) is 4.29. The topological polar surface area (TPSA) is 24.9 Å². The molecule has 0 fully saturated rings. The van der Waals surface area contributed by atoms with E-state index in [9.17, 15) is 13.2 Å². The van der Waals surface area contributed by atoms with E-state index in [0.29, 0.717) is 18.0 Å². The van der Waals surface area contributed by atoms with Crippen molar-refractivity contribution in [3.05, 3.63) is 40.2 Å². The fourth-order valence-corrected chi connectivity index (χ4v) is 3.12. The van der Waals surface area contributed by atoms with E-state index in [4.69, 9.17) is 0 Å². The molecule has 2 aromatic rings. The van der Waals surface area contributed by atoms with Gasteiger partial charge in [0.25, 0.3) is 0 Å². The fourth-order valence-electron chi connectivity index (χ4n) is 1.98. The van der Waals surface area contributed by atoms with Gasteiger partial charge in [-0.25, -0.2) is 18.2 Å². The minimum atomic E-state index is -1.45. The van der Waals surface area contributed by atoms with Crippen LogP contribution < -0.4 is 5.32 Å². The van der Waals surface area contributed by atoms with Crippen LogP contribution in [0.3, 0.4) is 0 Å². The normalized spacial score (nSPS) is 11.1. The Labute approximate surface area is 126 Å². The molecule has 0 aliphatic heterocycles. The molecule has 0 amide bonds. The quantitative estimate of drug-likeness (QED) is 0.635. The second-order valence-electron chi connectivity index (χ2n) is 4.64. The van der Waals surface area contributed by atoms with Gasteiger partial charge in [-0.2, -0.15) is 0 Å². The van der Waals surface area contributed by atoms with Gasteiger partial charge in [-0.05, 0) is 31.5 Å². The molecule has 0 atom stereocenters. The Morgan fingerprint density at radius 1 is 1.14 bits per heavy atom. The molecule has 2 nitrogen and oxygen atoms in total. The number of hydrogen-bond acceptors (Lipinski definition) is 3. The maximum atomic E-state index is 13.8. The van der Waals surface area contributed by atoms with E-state index in [2.05, 4.69) is 17.2 Å². The van der Waals surface area contributed by atoms with Crippen molar-refractivity contribution < 1.29 is 13.2 Å². The van der Waals surface area contributed by atoms with E-state index in [1.807, 2.05) is 6.92 Å². The van der Waals surface area contributed by atoms with Crippen molar-refractivity contribution in [1.82, 2.24) is 10.3 Å². The number of thiazole rings is 1. The molecule has 6 heteroatoms. The Morgan fingerprint density at radius 2 is 1.90 bits per heavy atom. The van der Waals surface area contributed by atoms with E-state index >= 15 is 0 Å². The maximum Gasteiger partial charge on any atom is 0.195 e. The molecule has 2 rings (SSSR count). The van der Waals surface area contributed by atoms with Gasteiger partial charge in [0.05, 0.1) is 5.69 Å². The highest BCUT2D eigenvalue weighted by Crippen LogP contribution is 2.31. The first kappa shape index (κ1) is 16.0. The summed E-state index contributed by atoms with van der Waals surface area (Å²) in [5.41, 5.74) is 0.873. The van der Waals surface area contributed by atoms with Gasteiger partial charge in [0.2, 0.25) is 0 Å². The molecular formula is C15H17F3N2S. The molecule has 0 unspecified atom stereocenters. The second-order valence-corrected chi connectivity index (χ2v) is 5.73. The molecular weight excluding hydrogens is 297 g/mol. The number of benzene rings is 1. The standard InChI is InChI=1S/C15H17F3N2S/c1-3-7-19-8-12-11(4-2)20-15(21-12)9-5-6-10(16)14(18)13(9)17/h5-6,19H,3-4,7-8H2,1-2H3. The van der Waals surface area contributed by atoms with E-state index in [1.165, 1.54) is 17.4 Å². The summed E-state index contributed by atoms with van der Waals surface area (Å²) in [4.78, 5) is 5.36. The molecule has 0 bridgehead atoms. The van der Waals surface area contributed by atoms with E-state index < -0.39 is 17.5 Å². The minimum Gasteiger partial charge on any atom is -0.312 e. The number of nitrogens with zero attached hydrogens (tertiary/aromatic N) is 1. The van der Waals surface area contributed by atoms with Crippen molar-refractivity contribution in [2.75, 3.05) is 6.54 Å². The van der Waals surface area contributed by atoms with Gasteiger partial charge in [0.15, 0.2) is 17.5 Å². The molecule has 21 heavy (non-hydrogen) atoms. The number of halogens is 3. The molecule has 0 saturated carbocycles. The molecule has 1 N–H and O–H groups in total. The number of nitrogens with one attached hydrogen (secondary N) is 1. The first-order valence-electron chi connectivity index (χ1n) is 6.91. The molecule has 1 aromatic carbocycles. The van der Waals surface area contributed by atoms with Crippen LogP contribution in [0.2, 0.25) is 0 Å². The molecule has 1 heterocycles. The monoisotopic (exact) mass is 314 g/mol. The van der Waals surface area contributed by atoms with E-state index in [0.717, 1.165) is 29.6 Å². The van der Waals surface area contributed by atoms with Crippen LogP contribution in [0.15, 0.2) is 12.1 Å². The average Bonchev–Trinajstić information content (AvgIpc) is 2.88. The molecule has 114 valence electrons. The van der Waals surface area contributed by atoms with Crippen LogP contribution in [0.5, 0.6) is 0 Å². The Morgan fingerprint density at radius 3 is 2.57 bits per heavy atom. The number of hydrogen-bond donors (Lipinski definition) is 1. The summed E-state index contributed by atoms with van der Waals surface area (Å²) >= 11 is 1.31. The molecule has 0 aliphatic rings. The Bertz CT molecular complexity index is 626.